The summed E-state index contributed by atoms with van der Waals surface area (Å²) < 4.78 is 20.6. The molecule has 2 aliphatic heterocycles. The zero-order valence-corrected chi connectivity index (χ0v) is 22.1. The first-order chi connectivity index (χ1) is 18.7. The van der Waals surface area contributed by atoms with Gasteiger partial charge in [0.15, 0.2) is 0 Å². The van der Waals surface area contributed by atoms with Crippen LogP contribution in [-0.4, -0.2) is 62.8 Å². The number of ether oxygens (including phenoxy) is 4. The van der Waals surface area contributed by atoms with Crippen LogP contribution in [0, 0.1) is 11.8 Å². The van der Waals surface area contributed by atoms with Crippen LogP contribution in [0.2, 0.25) is 0 Å². The van der Waals surface area contributed by atoms with Crippen molar-refractivity contribution in [1.82, 2.24) is 5.32 Å². The molecule has 0 radical (unpaired) electrons. The zero-order chi connectivity index (χ0) is 28.4. The van der Waals surface area contributed by atoms with Gasteiger partial charge in [-0.25, -0.2) is 9.59 Å². The van der Waals surface area contributed by atoms with E-state index in [9.17, 15) is 24.0 Å². The first-order valence-electron chi connectivity index (χ1n) is 12.5. The van der Waals surface area contributed by atoms with Crippen LogP contribution in [0.1, 0.15) is 25.0 Å². The lowest BCUT2D eigenvalue weighted by Gasteiger charge is -2.31. The van der Waals surface area contributed by atoms with E-state index in [-0.39, 0.29) is 25.3 Å². The van der Waals surface area contributed by atoms with Gasteiger partial charge in [-0.2, -0.15) is 0 Å². The van der Waals surface area contributed by atoms with Crippen molar-refractivity contribution < 1.29 is 42.9 Å². The minimum absolute atomic E-state index is 0.114. The fourth-order valence-electron chi connectivity index (χ4n) is 5.60. The standard InChI is InChI=1S/C28H30N2O9/c1-5-38-25(34)28(26(35)39-6-2)21(23(32)37-4)20(22(31)36-3)27(29-28)18-14-10-11-15-19(18)30(24(27)33)16-17-12-8-7-9-13-17/h7-15,20-21,29H,5-6,16H2,1-4H3/t20-,21-,27+/m0/s1. The molecule has 1 saturated heterocycles. The summed E-state index contributed by atoms with van der Waals surface area (Å²) >= 11 is 0. The number of nitrogens with one attached hydrogen (secondary N) is 1. The van der Waals surface area contributed by atoms with Crippen molar-refractivity contribution in [3.8, 4) is 0 Å². The molecule has 39 heavy (non-hydrogen) atoms. The van der Waals surface area contributed by atoms with Crippen LogP contribution in [-0.2, 0) is 55.0 Å². The van der Waals surface area contributed by atoms with Gasteiger partial charge in [-0.1, -0.05) is 48.5 Å². The lowest BCUT2D eigenvalue weighted by Crippen LogP contribution is -2.65. The van der Waals surface area contributed by atoms with Crippen molar-refractivity contribution in [2.24, 2.45) is 11.8 Å². The highest BCUT2D eigenvalue weighted by Crippen LogP contribution is 2.56. The summed E-state index contributed by atoms with van der Waals surface area (Å²) in [7, 11) is 2.14. The van der Waals surface area contributed by atoms with Crippen LogP contribution in [0.4, 0.5) is 5.69 Å². The minimum atomic E-state index is -2.59. The summed E-state index contributed by atoms with van der Waals surface area (Å²) in [5.74, 6) is -8.68. The van der Waals surface area contributed by atoms with Gasteiger partial charge >= 0.3 is 23.9 Å². The smallest absolute Gasteiger partial charge is 0.339 e. The first-order valence-corrected chi connectivity index (χ1v) is 12.5. The highest BCUT2D eigenvalue weighted by Gasteiger charge is 2.78. The van der Waals surface area contributed by atoms with Crippen LogP contribution < -0.4 is 10.2 Å². The van der Waals surface area contributed by atoms with Gasteiger partial charge in [0, 0.05) is 11.3 Å². The van der Waals surface area contributed by atoms with Gasteiger partial charge in [0.05, 0.1) is 34.0 Å². The Kier molecular flexibility index (Phi) is 7.73. The van der Waals surface area contributed by atoms with E-state index in [1.54, 1.807) is 24.3 Å². The van der Waals surface area contributed by atoms with Gasteiger partial charge in [0.2, 0.25) is 5.54 Å². The summed E-state index contributed by atoms with van der Waals surface area (Å²) in [5, 5.41) is 2.86. The fraction of sp³-hybridized carbons (Fsp3) is 0.393. The molecule has 2 heterocycles. The van der Waals surface area contributed by atoms with Gasteiger partial charge in [0.25, 0.3) is 5.91 Å². The van der Waals surface area contributed by atoms with E-state index in [1.165, 1.54) is 18.7 Å². The number of esters is 4. The number of benzene rings is 2. The van der Waals surface area contributed by atoms with E-state index in [1.807, 2.05) is 30.3 Å². The lowest BCUT2D eigenvalue weighted by atomic mass is 9.72. The topological polar surface area (TPSA) is 138 Å². The number of hydrogen-bond acceptors (Lipinski definition) is 10. The Bertz CT molecular complexity index is 1280. The van der Waals surface area contributed by atoms with Gasteiger partial charge in [0.1, 0.15) is 17.4 Å². The fourth-order valence-corrected chi connectivity index (χ4v) is 5.60. The molecule has 2 aromatic rings. The molecule has 0 aliphatic carbocycles. The van der Waals surface area contributed by atoms with E-state index >= 15 is 0 Å². The number of carbonyl (C=O) groups is 5. The molecule has 2 aliphatic rings. The van der Waals surface area contributed by atoms with Crippen LogP contribution >= 0.6 is 0 Å². The maximum absolute atomic E-state index is 14.5. The molecular weight excluding hydrogens is 508 g/mol. The number of methoxy groups -OCH3 is 2. The molecule has 1 fully saturated rings. The second-order valence-corrected chi connectivity index (χ2v) is 9.08. The van der Waals surface area contributed by atoms with Gasteiger partial charge in [-0.15, -0.1) is 0 Å². The van der Waals surface area contributed by atoms with Crippen molar-refractivity contribution in [1.29, 1.82) is 0 Å². The van der Waals surface area contributed by atoms with E-state index in [0.717, 1.165) is 19.8 Å². The molecule has 0 saturated carbocycles. The molecule has 0 unspecified atom stereocenters. The zero-order valence-electron chi connectivity index (χ0n) is 22.1. The summed E-state index contributed by atoms with van der Waals surface area (Å²) in [5.41, 5.74) is -3.16. The first kappa shape index (κ1) is 27.8. The molecule has 11 heteroatoms. The summed E-state index contributed by atoms with van der Waals surface area (Å²) in [6.45, 7) is 2.84. The van der Waals surface area contributed by atoms with E-state index in [2.05, 4.69) is 5.32 Å². The molecule has 0 bridgehead atoms. The average molecular weight is 539 g/mol. The van der Waals surface area contributed by atoms with Crippen LogP contribution in [0.15, 0.2) is 54.6 Å². The highest BCUT2D eigenvalue weighted by atomic mass is 16.6. The molecular formula is C28H30N2O9. The van der Waals surface area contributed by atoms with Gasteiger partial charge in [-0.3, -0.25) is 19.7 Å². The molecule has 206 valence electrons. The lowest BCUT2D eigenvalue weighted by molar-refractivity contribution is -0.175. The number of nitrogens with zero attached hydrogens (tertiary/aromatic N) is 1. The molecule has 1 amide bonds. The third-order valence-corrected chi connectivity index (χ3v) is 7.15. The second-order valence-electron chi connectivity index (χ2n) is 9.08. The summed E-state index contributed by atoms with van der Waals surface area (Å²) in [4.78, 5) is 70.2. The van der Waals surface area contributed by atoms with Gasteiger partial charge in [-0.05, 0) is 25.5 Å². The Labute approximate surface area is 225 Å². The van der Waals surface area contributed by atoms with Crippen molar-refractivity contribution in [3.05, 3.63) is 65.7 Å². The Balaban J connectivity index is 2.03. The van der Waals surface area contributed by atoms with E-state index < -0.39 is 52.7 Å². The van der Waals surface area contributed by atoms with Gasteiger partial charge < -0.3 is 23.8 Å². The molecule has 3 atom stereocenters. The predicted molar refractivity (Wildman–Crippen MR) is 136 cm³/mol. The quantitative estimate of drug-likeness (QED) is 0.299. The summed E-state index contributed by atoms with van der Waals surface area (Å²) in [6.07, 6.45) is 0. The Hall–Kier alpha value is -4.25. The molecule has 1 N–H and O–H groups in total. The van der Waals surface area contributed by atoms with Crippen LogP contribution in [0.3, 0.4) is 0 Å². The number of carbonyl (C=O) groups excluding carboxylic acids is 5. The number of hydrogen-bond donors (Lipinski definition) is 1. The van der Waals surface area contributed by atoms with E-state index in [0.29, 0.717) is 5.69 Å². The van der Waals surface area contributed by atoms with Crippen molar-refractivity contribution in [2.75, 3.05) is 32.3 Å². The molecule has 2 aromatic carbocycles. The molecule has 11 nitrogen and oxygen atoms in total. The summed E-state index contributed by atoms with van der Waals surface area (Å²) in [6, 6.07) is 15.8. The number of para-hydroxylation sites is 1. The van der Waals surface area contributed by atoms with Crippen molar-refractivity contribution in [2.45, 2.75) is 31.5 Å². The van der Waals surface area contributed by atoms with Crippen LogP contribution in [0.25, 0.3) is 0 Å². The molecule has 4 rings (SSSR count). The Morgan fingerprint density at radius 2 is 1.36 bits per heavy atom. The number of fused-ring (bicyclic) bond motifs is 2. The highest BCUT2D eigenvalue weighted by molar-refractivity contribution is 6.17. The van der Waals surface area contributed by atoms with Crippen LogP contribution in [0.5, 0.6) is 0 Å². The number of amides is 1. The third kappa shape index (κ3) is 4.13. The molecule has 0 aromatic heterocycles. The maximum atomic E-state index is 14.5. The van der Waals surface area contributed by atoms with E-state index in [4.69, 9.17) is 18.9 Å². The predicted octanol–water partition coefficient (Wildman–Crippen LogP) is 1.48. The normalized spacial score (nSPS) is 22.8. The largest absolute Gasteiger partial charge is 0.469 e. The maximum Gasteiger partial charge on any atom is 0.339 e. The molecule has 1 spiro atoms. The number of anilines is 1. The Morgan fingerprint density at radius 1 is 0.821 bits per heavy atom. The third-order valence-electron chi connectivity index (χ3n) is 7.15. The number of rotatable bonds is 8. The monoisotopic (exact) mass is 538 g/mol. The average Bonchev–Trinajstić information content (AvgIpc) is 3.40. The Morgan fingerprint density at radius 3 is 1.92 bits per heavy atom. The van der Waals surface area contributed by atoms with Crippen molar-refractivity contribution in [3.63, 3.8) is 0 Å². The second kappa shape index (κ2) is 10.9. The minimum Gasteiger partial charge on any atom is -0.469 e. The van der Waals surface area contributed by atoms with Crippen molar-refractivity contribution >= 4 is 35.5 Å². The SMILES string of the molecule is CCOC(=O)C1(C(=O)OCC)N[C@@]2(C(=O)N(Cc3ccccc3)c3ccccc32)[C@H](C(=O)OC)[C@H]1C(=O)OC.